The number of anilines is 1. The molecule has 0 radical (unpaired) electrons. The Kier molecular flexibility index (Phi) is 3.74. The topological polar surface area (TPSA) is 82.8 Å². The number of aromatic nitrogens is 4. The van der Waals surface area contributed by atoms with E-state index in [-0.39, 0.29) is 0 Å². The molecule has 0 aliphatic carbocycles. The van der Waals surface area contributed by atoms with E-state index in [1.165, 1.54) is 0 Å². The van der Waals surface area contributed by atoms with Gasteiger partial charge >= 0.3 is 0 Å². The van der Waals surface area contributed by atoms with Crippen molar-refractivity contribution in [1.29, 1.82) is 0 Å². The SMILES string of the molecule is CCn1cc(/C=C/c2nc(-c3cccc(N)c3C)no2)cn1. The lowest BCUT2D eigenvalue weighted by atomic mass is 10.1. The van der Waals surface area contributed by atoms with Crippen LogP contribution in [0, 0.1) is 6.92 Å². The summed E-state index contributed by atoms with van der Waals surface area (Å²) < 4.78 is 7.11. The van der Waals surface area contributed by atoms with Gasteiger partial charge in [0, 0.05) is 35.6 Å². The zero-order chi connectivity index (χ0) is 15.5. The van der Waals surface area contributed by atoms with E-state index >= 15 is 0 Å². The largest absolute Gasteiger partial charge is 0.398 e. The summed E-state index contributed by atoms with van der Waals surface area (Å²) in [6.07, 6.45) is 7.41. The van der Waals surface area contributed by atoms with Crippen LogP contribution in [-0.2, 0) is 6.54 Å². The Morgan fingerprint density at radius 2 is 2.18 bits per heavy atom. The third kappa shape index (κ3) is 2.76. The van der Waals surface area contributed by atoms with Gasteiger partial charge in [-0.2, -0.15) is 10.1 Å². The first-order chi connectivity index (χ1) is 10.7. The van der Waals surface area contributed by atoms with Gasteiger partial charge in [0.1, 0.15) is 0 Å². The highest BCUT2D eigenvalue weighted by Gasteiger charge is 2.10. The second-order valence-electron chi connectivity index (χ2n) is 4.94. The highest BCUT2D eigenvalue weighted by atomic mass is 16.5. The zero-order valence-electron chi connectivity index (χ0n) is 12.5. The molecule has 2 heterocycles. The highest BCUT2D eigenvalue weighted by molar-refractivity contribution is 5.69. The molecule has 0 bridgehead atoms. The number of hydrogen-bond donors (Lipinski definition) is 1. The number of benzene rings is 1. The number of nitrogens with two attached hydrogens (primary N) is 1. The summed E-state index contributed by atoms with van der Waals surface area (Å²) in [6, 6.07) is 5.66. The van der Waals surface area contributed by atoms with Crippen molar-refractivity contribution < 1.29 is 4.52 Å². The molecule has 1 aromatic carbocycles. The molecule has 0 saturated carbocycles. The van der Waals surface area contributed by atoms with Crippen LogP contribution in [0.25, 0.3) is 23.5 Å². The van der Waals surface area contributed by atoms with E-state index in [1.54, 1.807) is 12.3 Å². The Hall–Kier alpha value is -2.89. The molecule has 0 unspecified atom stereocenters. The van der Waals surface area contributed by atoms with E-state index < -0.39 is 0 Å². The van der Waals surface area contributed by atoms with Gasteiger partial charge in [0.2, 0.25) is 5.82 Å². The van der Waals surface area contributed by atoms with Crippen molar-refractivity contribution in [1.82, 2.24) is 19.9 Å². The van der Waals surface area contributed by atoms with Crippen molar-refractivity contribution in [2.24, 2.45) is 0 Å². The van der Waals surface area contributed by atoms with Crippen molar-refractivity contribution in [3.63, 3.8) is 0 Å². The molecule has 0 spiro atoms. The fraction of sp³-hybridized carbons (Fsp3) is 0.188. The average Bonchev–Trinajstić information content (AvgIpc) is 3.16. The van der Waals surface area contributed by atoms with Gasteiger partial charge in [-0.1, -0.05) is 17.3 Å². The lowest BCUT2D eigenvalue weighted by Crippen LogP contribution is -1.92. The lowest BCUT2D eigenvalue weighted by molar-refractivity contribution is 0.411. The summed E-state index contributed by atoms with van der Waals surface area (Å²) in [5, 5.41) is 8.21. The van der Waals surface area contributed by atoms with Gasteiger partial charge in [-0.15, -0.1) is 0 Å². The molecular weight excluding hydrogens is 278 g/mol. The van der Waals surface area contributed by atoms with Gasteiger partial charge in [0.05, 0.1) is 6.20 Å². The van der Waals surface area contributed by atoms with Crippen LogP contribution in [0.15, 0.2) is 35.1 Å². The Morgan fingerprint density at radius 3 is 2.95 bits per heavy atom. The molecule has 0 saturated heterocycles. The number of rotatable bonds is 4. The minimum Gasteiger partial charge on any atom is -0.398 e. The Morgan fingerprint density at radius 1 is 1.32 bits per heavy atom. The van der Waals surface area contributed by atoms with Crippen LogP contribution < -0.4 is 5.73 Å². The summed E-state index contributed by atoms with van der Waals surface area (Å²) in [5.41, 5.74) is 9.43. The summed E-state index contributed by atoms with van der Waals surface area (Å²) in [4.78, 5) is 4.38. The van der Waals surface area contributed by atoms with Crippen molar-refractivity contribution >= 4 is 17.8 Å². The molecule has 3 aromatic rings. The molecule has 6 nitrogen and oxygen atoms in total. The van der Waals surface area contributed by atoms with E-state index in [0.717, 1.165) is 23.2 Å². The molecule has 6 heteroatoms. The quantitative estimate of drug-likeness (QED) is 0.748. The maximum absolute atomic E-state index is 5.91. The molecule has 0 aliphatic heterocycles. The predicted octanol–water partition coefficient (Wildman–Crippen LogP) is 3.01. The fourth-order valence-corrected chi connectivity index (χ4v) is 2.11. The molecule has 0 aliphatic rings. The minimum absolute atomic E-state index is 0.445. The van der Waals surface area contributed by atoms with Gasteiger partial charge in [-0.25, -0.2) is 0 Å². The number of aryl methyl sites for hydroxylation is 1. The summed E-state index contributed by atoms with van der Waals surface area (Å²) in [6.45, 7) is 4.82. The van der Waals surface area contributed by atoms with Crippen LogP contribution in [0.2, 0.25) is 0 Å². The summed E-state index contributed by atoms with van der Waals surface area (Å²) in [5.74, 6) is 0.981. The van der Waals surface area contributed by atoms with Gasteiger partial charge in [0.25, 0.3) is 5.89 Å². The number of nitrogen functional groups attached to an aromatic ring is 1. The van der Waals surface area contributed by atoms with Gasteiger partial charge in [-0.05, 0) is 31.6 Å². The summed E-state index contributed by atoms with van der Waals surface area (Å²) in [7, 11) is 0. The first-order valence-corrected chi connectivity index (χ1v) is 7.07. The Balaban J connectivity index is 1.83. The second-order valence-corrected chi connectivity index (χ2v) is 4.94. The van der Waals surface area contributed by atoms with Crippen LogP contribution in [0.3, 0.4) is 0 Å². The second kappa shape index (κ2) is 5.85. The Bertz CT molecular complexity index is 816. The van der Waals surface area contributed by atoms with Crippen LogP contribution in [0.5, 0.6) is 0 Å². The highest BCUT2D eigenvalue weighted by Crippen LogP contribution is 2.24. The first-order valence-electron chi connectivity index (χ1n) is 7.07. The lowest BCUT2D eigenvalue weighted by Gasteiger charge is -2.03. The van der Waals surface area contributed by atoms with Gasteiger partial charge < -0.3 is 10.3 Å². The molecule has 2 aromatic heterocycles. The molecular formula is C16H17N5O. The third-order valence-corrected chi connectivity index (χ3v) is 3.45. The van der Waals surface area contributed by atoms with E-state index in [4.69, 9.17) is 10.3 Å². The van der Waals surface area contributed by atoms with Crippen LogP contribution in [0.1, 0.15) is 23.9 Å². The molecule has 0 fully saturated rings. The Labute approximate surface area is 128 Å². The van der Waals surface area contributed by atoms with Crippen molar-refractivity contribution in [2.75, 3.05) is 5.73 Å². The summed E-state index contributed by atoms with van der Waals surface area (Å²) >= 11 is 0. The zero-order valence-corrected chi connectivity index (χ0v) is 12.5. The van der Waals surface area contributed by atoms with E-state index in [1.807, 2.05) is 49.0 Å². The average molecular weight is 295 g/mol. The maximum Gasteiger partial charge on any atom is 0.250 e. The smallest absolute Gasteiger partial charge is 0.250 e. The van der Waals surface area contributed by atoms with Crippen LogP contribution in [-0.4, -0.2) is 19.9 Å². The monoisotopic (exact) mass is 295 g/mol. The van der Waals surface area contributed by atoms with Crippen molar-refractivity contribution in [3.05, 3.63) is 47.6 Å². The number of nitrogens with zero attached hydrogens (tertiary/aromatic N) is 4. The van der Waals surface area contributed by atoms with Crippen molar-refractivity contribution in [2.45, 2.75) is 20.4 Å². The molecule has 112 valence electrons. The predicted molar refractivity (Wildman–Crippen MR) is 85.7 cm³/mol. The van der Waals surface area contributed by atoms with Crippen molar-refractivity contribution in [3.8, 4) is 11.4 Å². The van der Waals surface area contributed by atoms with E-state index in [0.29, 0.717) is 17.4 Å². The van der Waals surface area contributed by atoms with Gasteiger partial charge in [-0.3, -0.25) is 4.68 Å². The molecule has 3 rings (SSSR count). The number of hydrogen-bond acceptors (Lipinski definition) is 5. The third-order valence-electron chi connectivity index (χ3n) is 3.45. The van der Waals surface area contributed by atoms with Crippen LogP contribution >= 0.6 is 0 Å². The van der Waals surface area contributed by atoms with Crippen LogP contribution in [0.4, 0.5) is 5.69 Å². The maximum atomic E-state index is 5.91. The van der Waals surface area contributed by atoms with E-state index in [9.17, 15) is 0 Å². The molecule has 0 amide bonds. The molecule has 0 atom stereocenters. The molecule has 22 heavy (non-hydrogen) atoms. The van der Waals surface area contributed by atoms with E-state index in [2.05, 4.69) is 15.2 Å². The minimum atomic E-state index is 0.445. The van der Waals surface area contributed by atoms with Gasteiger partial charge in [0.15, 0.2) is 0 Å². The standard InChI is InChI=1S/C16H17N5O/c1-3-21-10-12(9-18-21)7-8-15-19-16(20-22-15)13-5-4-6-14(17)11(13)2/h4-10H,3,17H2,1-2H3/b8-7+. The normalized spacial score (nSPS) is 11.4. The first kappa shape index (κ1) is 14.1. The fourth-order valence-electron chi connectivity index (χ4n) is 2.11. The molecule has 2 N–H and O–H groups in total.